The zero-order valence-corrected chi connectivity index (χ0v) is 47.3. The number of hydrogen-bond donors (Lipinski definition) is 0. The van der Waals surface area contributed by atoms with Gasteiger partial charge >= 0.3 is 0 Å². The molecule has 4 nitrogen and oxygen atoms in total. The second-order valence-corrected chi connectivity index (χ2v) is 16.0. The SMILES string of the molecule is Cc1cc(-c2[c-]cccc2)ncc1-c1ccccc1.[2H]C([2H])([2H])Cc1cc(-c2[c-]cccc2)ncc1-c1ccccc1.[2H]C([2H])([2H])c1cc(-c2[c-]cccc2)ncc1-c1ccccc1.[2H]C([2H])([2H])c1ccc(-c2[c-]cccc2)nc1.[Ir].[Ir].[Ir]. The van der Waals surface area contributed by atoms with Crippen LogP contribution >= 0.6 is 0 Å². The van der Waals surface area contributed by atoms with E-state index < -0.39 is 20.6 Å². The van der Waals surface area contributed by atoms with Gasteiger partial charge in [-0.25, -0.2) is 0 Å². The number of nitrogens with zero attached hydrogens (tertiary/aromatic N) is 4. The van der Waals surface area contributed by atoms with Gasteiger partial charge in [-0.1, -0.05) is 128 Å². The van der Waals surface area contributed by atoms with Gasteiger partial charge in [0.25, 0.3) is 0 Å². The average Bonchev–Trinajstić information content (AvgIpc) is 3.58. The Morgan fingerprint density at radius 3 is 1.12 bits per heavy atom. The molecule has 0 spiro atoms. The predicted molar refractivity (Wildman–Crippen MR) is 294 cm³/mol. The summed E-state index contributed by atoms with van der Waals surface area (Å²) in [6.07, 6.45) is 6.74. The van der Waals surface area contributed by atoms with Crippen molar-refractivity contribution in [1.29, 1.82) is 0 Å². The second-order valence-electron chi connectivity index (χ2n) is 16.0. The van der Waals surface area contributed by atoms with E-state index >= 15 is 0 Å². The van der Waals surface area contributed by atoms with Crippen LogP contribution in [0, 0.1) is 44.9 Å². The fourth-order valence-corrected chi connectivity index (χ4v) is 7.51. The molecule has 0 aliphatic heterocycles. The summed E-state index contributed by atoms with van der Waals surface area (Å²) in [7, 11) is 0. The van der Waals surface area contributed by atoms with Crippen LogP contribution in [0.1, 0.15) is 41.4 Å². The number of aryl methyl sites for hydroxylation is 4. The molecule has 0 saturated heterocycles. The normalized spacial score (nSPS) is 12.2. The standard InChI is InChI=1S/C19H16N.2C18H14N.C12H10N.3Ir/c1-2-15-13-19(17-11-7-4-8-12-17)20-14-18(15)16-9-5-3-6-10-16;2*1-14-12-18(16-10-6-3-7-11-16)19-13-17(14)15-8-4-2-5-9-15;1-10-7-8-12(13-9-10)11-5-3-2-4-6-11;;;/h3-11,13-14H,2H2,1H3;2*2-10,12-13H,1H3;2-5,7-9H,1H3;;;/q4*-1;;;/i2*1D3;;1D3;;;. The molecule has 0 N–H and O–H groups in total. The molecule has 4 heterocycles. The molecule has 7 heteroatoms. The molecule has 0 aliphatic rings. The topological polar surface area (TPSA) is 51.6 Å². The van der Waals surface area contributed by atoms with Crippen LogP contribution in [0.2, 0.25) is 0 Å². The molecule has 0 unspecified atom stereocenters. The summed E-state index contributed by atoms with van der Waals surface area (Å²) in [5.41, 5.74) is 14.9. The van der Waals surface area contributed by atoms with E-state index in [1.54, 1.807) is 42.7 Å². The average molecular weight is 1500 g/mol. The Hall–Kier alpha value is -6.91. The Balaban J connectivity index is 0.000000202. The van der Waals surface area contributed by atoms with Crippen molar-refractivity contribution in [3.05, 3.63) is 290 Å². The first-order chi connectivity index (χ1) is 38.5. The van der Waals surface area contributed by atoms with Crippen molar-refractivity contribution in [2.24, 2.45) is 0 Å². The Morgan fingerprint density at radius 2 is 0.743 bits per heavy atom. The van der Waals surface area contributed by atoms with E-state index in [-0.39, 0.29) is 72.3 Å². The Labute approximate surface area is 491 Å². The third kappa shape index (κ3) is 16.3. The summed E-state index contributed by atoms with van der Waals surface area (Å²) < 4.78 is 68.0. The summed E-state index contributed by atoms with van der Waals surface area (Å²) in [4.78, 5) is 17.6. The van der Waals surface area contributed by atoms with Crippen LogP contribution < -0.4 is 0 Å². The van der Waals surface area contributed by atoms with Gasteiger partial charge in [-0.15, -0.1) is 144 Å². The molecular weight excluding hydrogens is 1440 g/mol. The van der Waals surface area contributed by atoms with E-state index in [2.05, 4.69) is 69.3 Å². The van der Waals surface area contributed by atoms with Gasteiger partial charge in [-0.05, 0) is 88.8 Å². The quantitative estimate of drug-likeness (QED) is 0.142. The van der Waals surface area contributed by atoms with Gasteiger partial charge in [0.15, 0.2) is 0 Å². The summed E-state index contributed by atoms with van der Waals surface area (Å²) in [5.74, 6) is 0. The predicted octanol–water partition coefficient (Wildman–Crippen LogP) is 16.7. The van der Waals surface area contributed by atoms with E-state index in [0.717, 1.165) is 61.6 Å². The van der Waals surface area contributed by atoms with Crippen molar-refractivity contribution in [2.45, 2.75) is 33.9 Å². The first-order valence-electron chi connectivity index (χ1n) is 27.5. The van der Waals surface area contributed by atoms with Crippen molar-refractivity contribution in [1.82, 2.24) is 19.9 Å². The molecular formula is C67H54Ir3N4-4. The molecule has 373 valence electrons. The molecule has 0 aliphatic carbocycles. The van der Waals surface area contributed by atoms with Gasteiger partial charge in [0.05, 0.1) is 0 Å². The van der Waals surface area contributed by atoms with Crippen LogP contribution in [0.15, 0.2) is 243 Å². The van der Waals surface area contributed by atoms with Crippen molar-refractivity contribution < 1.29 is 72.7 Å². The molecule has 0 fully saturated rings. The summed E-state index contributed by atoms with van der Waals surface area (Å²) in [6.45, 7) is -4.19. The molecule has 0 bridgehead atoms. The van der Waals surface area contributed by atoms with Crippen molar-refractivity contribution >= 4 is 0 Å². The molecule has 0 amide bonds. The molecule has 11 rings (SSSR count). The fraction of sp³-hybridized carbons (Fsp3) is 0.0746. The third-order valence-corrected chi connectivity index (χ3v) is 11.2. The first kappa shape index (κ1) is 45.7. The molecule has 7 aromatic carbocycles. The number of rotatable bonds is 8. The van der Waals surface area contributed by atoms with Crippen molar-refractivity contribution in [2.75, 3.05) is 0 Å². The molecule has 0 saturated carbocycles. The Morgan fingerprint density at radius 1 is 0.365 bits per heavy atom. The zero-order valence-electron chi connectivity index (χ0n) is 49.1. The van der Waals surface area contributed by atoms with Crippen LogP contribution in [0.25, 0.3) is 78.4 Å². The van der Waals surface area contributed by atoms with Gasteiger partial charge in [-0.3, -0.25) is 0 Å². The van der Waals surface area contributed by atoms with E-state index in [1.807, 2.05) is 176 Å². The number of aromatic nitrogens is 4. The van der Waals surface area contributed by atoms with Crippen LogP contribution in [-0.2, 0) is 66.7 Å². The Bertz CT molecular complexity index is 3680. The maximum atomic E-state index is 7.82. The number of benzene rings is 7. The van der Waals surface area contributed by atoms with E-state index in [0.29, 0.717) is 16.8 Å². The monoisotopic (exact) mass is 1500 g/mol. The molecule has 11 aromatic rings. The van der Waals surface area contributed by atoms with E-state index in [1.165, 1.54) is 22.9 Å². The minimum Gasteiger partial charge on any atom is -0.304 e. The van der Waals surface area contributed by atoms with Crippen LogP contribution in [0.5, 0.6) is 0 Å². The van der Waals surface area contributed by atoms with Crippen molar-refractivity contribution in [3.8, 4) is 78.4 Å². The molecule has 74 heavy (non-hydrogen) atoms. The maximum absolute atomic E-state index is 7.82. The largest absolute Gasteiger partial charge is 0.304 e. The number of hydrogen-bond acceptors (Lipinski definition) is 4. The van der Waals surface area contributed by atoms with Gasteiger partial charge in [0, 0.05) is 114 Å². The van der Waals surface area contributed by atoms with Crippen molar-refractivity contribution in [3.63, 3.8) is 0 Å². The third-order valence-electron chi connectivity index (χ3n) is 11.2. The fourth-order valence-electron chi connectivity index (χ4n) is 7.51. The summed E-state index contributed by atoms with van der Waals surface area (Å²) >= 11 is 0. The first-order valence-corrected chi connectivity index (χ1v) is 23.0. The minimum absolute atomic E-state index is 0. The number of pyridine rings is 4. The maximum Gasteiger partial charge on any atom is 0.0280 e. The summed E-state index contributed by atoms with van der Waals surface area (Å²) in [5, 5.41) is 0. The van der Waals surface area contributed by atoms with E-state index in [9.17, 15) is 0 Å². The second kappa shape index (κ2) is 30.3. The van der Waals surface area contributed by atoms with Crippen LogP contribution in [0.4, 0.5) is 0 Å². The molecule has 3 radical (unpaired) electrons. The zero-order chi connectivity index (χ0) is 56.5. The van der Waals surface area contributed by atoms with Gasteiger partial charge < -0.3 is 19.9 Å². The molecule has 0 atom stereocenters. The van der Waals surface area contributed by atoms with Gasteiger partial charge in [-0.2, -0.15) is 0 Å². The van der Waals surface area contributed by atoms with Crippen LogP contribution in [-0.4, -0.2) is 19.9 Å². The van der Waals surface area contributed by atoms with Crippen LogP contribution in [0.3, 0.4) is 0 Å². The Kier molecular flexibility index (Phi) is 18.7. The van der Waals surface area contributed by atoms with Gasteiger partial charge in [0.1, 0.15) is 0 Å². The summed E-state index contributed by atoms with van der Waals surface area (Å²) in [6, 6.07) is 81.2. The smallest absolute Gasteiger partial charge is 0.0280 e. The van der Waals surface area contributed by atoms with E-state index in [4.69, 9.17) is 12.3 Å². The molecule has 4 aromatic heterocycles. The van der Waals surface area contributed by atoms with Gasteiger partial charge in [0.2, 0.25) is 0 Å². The minimum atomic E-state index is -2.20.